The Morgan fingerprint density at radius 3 is 2.53 bits per heavy atom. The maximum Gasteiger partial charge on any atom is 0.250 e. The van der Waals surface area contributed by atoms with Crippen LogP contribution in [0, 0.1) is 0 Å². The second-order valence-electron chi connectivity index (χ2n) is 3.31. The molecule has 1 aromatic carbocycles. The van der Waals surface area contributed by atoms with Crippen molar-refractivity contribution in [2.24, 2.45) is 0 Å². The third-order valence-corrected chi connectivity index (χ3v) is 3.52. The number of aromatic nitrogens is 3. The lowest BCUT2D eigenvalue weighted by Crippen LogP contribution is -2.23. The van der Waals surface area contributed by atoms with Crippen LogP contribution in [0.15, 0.2) is 36.9 Å². The van der Waals surface area contributed by atoms with Gasteiger partial charge in [0.15, 0.2) is 0 Å². The molecule has 17 heavy (non-hydrogen) atoms. The number of hydrogen-bond acceptors (Lipinski definition) is 4. The van der Waals surface area contributed by atoms with Gasteiger partial charge in [0.25, 0.3) is 10.0 Å². The molecule has 1 aromatic heterocycles. The molecule has 0 aliphatic carbocycles. The molecular weight excluding hydrogens is 264 g/mol. The number of rotatable bonds is 4. The number of sulfonamides is 1. The van der Waals surface area contributed by atoms with Crippen LogP contribution in [-0.4, -0.2) is 23.3 Å². The van der Waals surface area contributed by atoms with Crippen molar-refractivity contribution in [1.82, 2.24) is 14.9 Å². The van der Waals surface area contributed by atoms with Crippen LogP contribution in [0.3, 0.4) is 0 Å². The summed E-state index contributed by atoms with van der Waals surface area (Å²) in [4.78, 5) is 2.28. The molecular formula is C9H9ClN4O2S. The summed E-state index contributed by atoms with van der Waals surface area (Å²) in [5.41, 5.74) is 0.537. The van der Waals surface area contributed by atoms with E-state index in [1.165, 1.54) is 12.7 Å². The van der Waals surface area contributed by atoms with Gasteiger partial charge in [0.05, 0.1) is 5.75 Å². The summed E-state index contributed by atoms with van der Waals surface area (Å²) in [5.74, 6) is -0.204. The minimum atomic E-state index is -3.53. The van der Waals surface area contributed by atoms with Crippen LogP contribution < -0.4 is 4.83 Å². The lowest BCUT2D eigenvalue weighted by molar-refractivity contribution is 0.594. The molecule has 0 aliphatic rings. The largest absolute Gasteiger partial charge is 0.250 e. The highest BCUT2D eigenvalue weighted by molar-refractivity contribution is 7.91. The van der Waals surface area contributed by atoms with Gasteiger partial charge in [-0.3, -0.25) is 0 Å². The molecule has 2 aromatic rings. The first-order valence-corrected chi connectivity index (χ1v) is 6.68. The Balaban J connectivity index is 2.16. The molecule has 0 spiro atoms. The Hall–Kier alpha value is -1.60. The van der Waals surface area contributed by atoms with E-state index < -0.39 is 10.0 Å². The van der Waals surface area contributed by atoms with E-state index in [9.17, 15) is 8.42 Å². The fraction of sp³-hybridized carbons (Fsp3) is 0.111. The fourth-order valence-electron chi connectivity index (χ4n) is 1.26. The SMILES string of the molecule is O=S(=O)(Cc1ccccc1Cl)Nn1cnnc1. The van der Waals surface area contributed by atoms with E-state index >= 15 is 0 Å². The van der Waals surface area contributed by atoms with E-state index in [-0.39, 0.29) is 5.75 Å². The van der Waals surface area contributed by atoms with Crippen molar-refractivity contribution in [3.05, 3.63) is 47.5 Å². The van der Waals surface area contributed by atoms with Gasteiger partial charge < -0.3 is 0 Å². The van der Waals surface area contributed by atoms with Crippen LogP contribution >= 0.6 is 11.6 Å². The van der Waals surface area contributed by atoms with Crippen molar-refractivity contribution in [2.45, 2.75) is 5.75 Å². The third-order valence-electron chi connectivity index (χ3n) is 1.97. The molecule has 0 aliphatic heterocycles. The zero-order valence-electron chi connectivity index (χ0n) is 8.62. The van der Waals surface area contributed by atoms with Gasteiger partial charge >= 0.3 is 0 Å². The predicted molar refractivity (Wildman–Crippen MR) is 63.5 cm³/mol. The van der Waals surface area contributed by atoms with Gasteiger partial charge in [-0.25, -0.2) is 17.9 Å². The van der Waals surface area contributed by atoms with Gasteiger partial charge in [0, 0.05) is 5.02 Å². The Morgan fingerprint density at radius 1 is 1.24 bits per heavy atom. The molecule has 1 N–H and O–H groups in total. The molecule has 0 radical (unpaired) electrons. The first-order valence-electron chi connectivity index (χ1n) is 4.65. The molecule has 2 rings (SSSR count). The van der Waals surface area contributed by atoms with Crippen LogP contribution in [0.5, 0.6) is 0 Å². The Labute approximate surface area is 103 Å². The van der Waals surface area contributed by atoms with Crippen LogP contribution in [-0.2, 0) is 15.8 Å². The van der Waals surface area contributed by atoms with Crippen LogP contribution in [0.2, 0.25) is 5.02 Å². The molecule has 0 saturated carbocycles. The fourth-order valence-corrected chi connectivity index (χ4v) is 2.68. The van der Waals surface area contributed by atoms with Crippen molar-refractivity contribution in [1.29, 1.82) is 0 Å². The molecule has 0 fully saturated rings. The first-order chi connectivity index (χ1) is 8.07. The average Bonchev–Trinajstić information content (AvgIpc) is 2.73. The van der Waals surface area contributed by atoms with Gasteiger partial charge in [0.1, 0.15) is 12.7 Å². The minimum absolute atomic E-state index is 0.204. The summed E-state index contributed by atoms with van der Waals surface area (Å²) in [5, 5.41) is 7.40. The van der Waals surface area contributed by atoms with Crippen LogP contribution in [0.1, 0.15) is 5.56 Å². The van der Waals surface area contributed by atoms with Gasteiger partial charge in [-0.05, 0) is 11.6 Å². The highest BCUT2D eigenvalue weighted by atomic mass is 35.5. The van der Waals surface area contributed by atoms with Crippen molar-refractivity contribution in [3.63, 3.8) is 0 Å². The number of halogens is 1. The summed E-state index contributed by atoms with van der Waals surface area (Å²) in [7, 11) is -3.53. The average molecular weight is 273 g/mol. The van der Waals surface area contributed by atoms with E-state index in [4.69, 9.17) is 11.6 Å². The molecule has 8 heteroatoms. The summed E-state index contributed by atoms with van der Waals surface area (Å²) in [6.07, 6.45) is 2.51. The Bertz CT molecular complexity index is 597. The van der Waals surface area contributed by atoms with Crippen LogP contribution in [0.4, 0.5) is 0 Å². The maximum atomic E-state index is 11.8. The summed E-state index contributed by atoms with van der Waals surface area (Å²) < 4.78 is 24.7. The Kier molecular flexibility index (Phi) is 3.30. The van der Waals surface area contributed by atoms with Crippen LogP contribution in [0.25, 0.3) is 0 Å². The van der Waals surface area contributed by atoms with Crippen molar-refractivity contribution in [3.8, 4) is 0 Å². The topological polar surface area (TPSA) is 76.9 Å². The quantitative estimate of drug-likeness (QED) is 0.901. The predicted octanol–water partition coefficient (Wildman–Crippen LogP) is 1.00. The smallest absolute Gasteiger partial charge is 0.221 e. The van der Waals surface area contributed by atoms with Gasteiger partial charge in [0.2, 0.25) is 0 Å². The van der Waals surface area contributed by atoms with Crippen molar-refractivity contribution in [2.75, 3.05) is 4.83 Å². The molecule has 0 atom stereocenters. The van der Waals surface area contributed by atoms with E-state index in [1.54, 1.807) is 24.3 Å². The first kappa shape index (κ1) is 11.9. The van der Waals surface area contributed by atoms with Gasteiger partial charge in [-0.2, -0.15) is 0 Å². The molecule has 90 valence electrons. The molecule has 6 nitrogen and oxygen atoms in total. The molecule has 0 amide bonds. The highest BCUT2D eigenvalue weighted by Crippen LogP contribution is 2.17. The van der Waals surface area contributed by atoms with Gasteiger partial charge in [-0.1, -0.05) is 29.8 Å². The number of benzene rings is 1. The van der Waals surface area contributed by atoms with E-state index in [0.717, 1.165) is 4.68 Å². The van der Waals surface area contributed by atoms with Crippen molar-refractivity contribution >= 4 is 21.6 Å². The maximum absolute atomic E-state index is 11.8. The van der Waals surface area contributed by atoms with Crippen molar-refractivity contribution < 1.29 is 8.42 Å². The molecule has 0 bridgehead atoms. The lowest BCUT2D eigenvalue weighted by atomic mass is 10.2. The lowest BCUT2D eigenvalue weighted by Gasteiger charge is -2.08. The normalized spacial score (nSPS) is 11.4. The van der Waals surface area contributed by atoms with Gasteiger partial charge in [-0.15, -0.1) is 10.2 Å². The highest BCUT2D eigenvalue weighted by Gasteiger charge is 2.13. The monoisotopic (exact) mass is 272 g/mol. The second-order valence-corrected chi connectivity index (χ2v) is 5.42. The summed E-state index contributed by atoms with van der Waals surface area (Å²) >= 11 is 5.89. The molecule has 0 unspecified atom stereocenters. The Morgan fingerprint density at radius 2 is 1.88 bits per heavy atom. The number of hydrogen-bond donors (Lipinski definition) is 1. The number of nitrogens with zero attached hydrogens (tertiary/aromatic N) is 3. The standard InChI is InChI=1S/C9H9ClN4O2S/c10-9-4-2-1-3-8(9)5-17(15,16)13-14-6-11-12-7-14/h1-4,6-7,13H,5H2. The zero-order valence-corrected chi connectivity index (χ0v) is 10.2. The summed E-state index contributed by atoms with van der Waals surface area (Å²) in [6.45, 7) is 0. The van der Waals surface area contributed by atoms with E-state index in [0.29, 0.717) is 10.6 Å². The molecule has 1 heterocycles. The summed E-state index contributed by atoms with van der Waals surface area (Å²) in [6, 6.07) is 6.78. The minimum Gasteiger partial charge on any atom is -0.221 e. The molecule has 0 saturated heterocycles. The number of nitrogens with one attached hydrogen (secondary N) is 1. The zero-order chi connectivity index (χ0) is 12.3. The second kappa shape index (κ2) is 4.72. The van der Waals surface area contributed by atoms with E-state index in [2.05, 4.69) is 15.0 Å². The third kappa shape index (κ3) is 3.18. The van der Waals surface area contributed by atoms with E-state index in [1.807, 2.05) is 0 Å².